The van der Waals surface area contributed by atoms with E-state index in [2.05, 4.69) is 21.3 Å². The summed E-state index contributed by atoms with van der Waals surface area (Å²) >= 11 is 2.98. The topological polar surface area (TPSA) is 70.3 Å². The molecule has 1 saturated carbocycles. The van der Waals surface area contributed by atoms with Crippen LogP contribution < -0.4 is 14.7 Å². The Morgan fingerprint density at radius 2 is 2.04 bits per heavy atom. The molecule has 1 aliphatic carbocycles. The van der Waals surface area contributed by atoms with Crippen LogP contribution in [0.25, 0.3) is 28.0 Å². The van der Waals surface area contributed by atoms with Crippen molar-refractivity contribution in [2.45, 2.75) is 19.3 Å². The smallest absolute Gasteiger partial charge is 0.196 e. The molecule has 0 atom stereocenters. The fourth-order valence-electron chi connectivity index (χ4n) is 3.33. The molecule has 0 saturated heterocycles. The molecule has 28 heavy (non-hydrogen) atoms. The summed E-state index contributed by atoms with van der Waals surface area (Å²) in [6, 6.07) is 6.36. The van der Waals surface area contributed by atoms with Crippen LogP contribution in [0.3, 0.4) is 0 Å². The van der Waals surface area contributed by atoms with Crippen LogP contribution in [0.2, 0.25) is 0 Å². The Kier molecular flexibility index (Phi) is 4.29. The van der Waals surface area contributed by atoms with Crippen molar-refractivity contribution in [3.8, 4) is 16.4 Å². The highest BCUT2D eigenvalue weighted by Crippen LogP contribution is 2.25. The number of H-pyrrole nitrogens is 1. The molecule has 0 bridgehead atoms. The predicted molar refractivity (Wildman–Crippen MR) is 109 cm³/mol. The summed E-state index contributed by atoms with van der Waals surface area (Å²) in [7, 11) is 0. The van der Waals surface area contributed by atoms with Crippen LogP contribution in [-0.4, -0.2) is 19.7 Å². The second-order valence-corrected chi connectivity index (χ2v) is 8.48. The molecule has 8 heteroatoms. The molecule has 1 fully saturated rings. The number of benzene rings is 1. The Morgan fingerprint density at radius 1 is 1.21 bits per heavy atom. The van der Waals surface area contributed by atoms with E-state index in [1.807, 2.05) is 9.95 Å². The minimum Gasteiger partial charge on any atom is -0.277 e. The second-order valence-electron chi connectivity index (χ2n) is 6.58. The maximum Gasteiger partial charge on any atom is 0.196 e. The van der Waals surface area contributed by atoms with Crippen molar-refractivity contribution in [2.24, 2.45) is 0 Å². The molecule has 3 heterocycles. The summed E-state index contributed by atoms with van der Waals surface area (Å²) in [5.41, 5.74) is 3.99. The van der Waals surface area contributed by atoms with Gasteiger partial charge in [-0.15, -0.1) is 11.3 Å². The highest BCUT2D eigenvalue weighted by molar-refractivity contribution is 7.12. The van der Waals surface area contributed by atoms with Crippen LogP contribution in [0, 0.1) is 11.2 Å². The number of nitrogens with one attached hydrogen (secondary N) is 2. The van der Waals surface area contributed by atoms with Gasteiger partial charge in [0.15, 0.2) is 9.93 Å². The molecule has 0 unspecified atom stereocenters. The molecule has 140 valence electrons. The third kappa shape index (κ3) is 2.94. The molecule has 1 aliphatic rings. The van der Waals surface area contributed by atoms with Crippen molar-refractivity contribution in [3.63, 3.8) is 0 Å². The number of nitrogens with zero attached hydrogens (tertiary/aromatic N) is 3. The van der Waals surface area contributed by atoms with Gasteiger partial charge in [-0.3, -0.25) is 15.1 Å². The Hall–Kier alpha value is -2.84. The third-order valence-corrected chi connectivity index (χ3v) is 6.52. The van der Waals surface area contributed by atoms with Gasteiger partial charge in [0.1, 0.15) is 5.82 Å². The lowest BCUT2D eigenvalue weighted by Crippen LogP contribution is -2.35. The van der Waals surface area contributed by atoms with E-state index in [9.17, 15) is 4.39 Å². The lowest BCUT2D eigenvalue weighted by atomic mass is 9.92. The molecule has 1 aromatic carbocycles. The zero-order valence-corrected chi connectivity index (χ0v) is 16.4. The van der Waals surface area contributed by atoms with Crippen molar-refractivity contribution < 1.29 is 4.39 Å². The molecule has 0 radical (unpaired) electrons. The zero-order valence-electron chi connectivity index (χ0n) is 14.8. The van der Waals surface area contributed by atoms with E-state index in [1.165, 1.54) is 46.8 Å². The highest BCUT2D eigenvalue weighted by Gasteiger charge is 2.16. The normalized spacial score (nSPS) is 14.5. The van der Waals surface area contributed by atoms with E-state index in [1.54, 1.807) is 24.5 Å². The van der Waals surface area contributed by atoms with Gasteiger partial charge in [-0.25, -0.2) is 9.37 Å². The summed E-state index contributed by atoms with van der Waals surface area (Å²) in [6.07, 6.45) is 8.89. The summed E-state index contributed by atoms with van der Waals surface area (Å²) < 4.78 is 16.3. The number of hydrogen-bond acceptors (Lipinski definition) is 5. The fourth-order valence-corrected chi connectivity index (χ4v) is 5.04. The van der Waals surface area contributed by atoms with Gasteiger partial charge in [0.25, 0.3) is 0 Å². The summed E-state index contributed by atoms with van der Waals surface area (Å²) in [6.45, 7) is 0. The van der Waals surface area contributed by atoms with Crippen molar-refractivity contribution in [1.82, 2.24) is 19.7 Å². The lowest BCUT2D eigenvalue weighted by Gasteiger charge is -2.16. The van der Waals surface area contributed by atoms with Crippen LogP contribution >= 0.6 is 22.7 Å². The highest BCUT2D eigenvalue weighted by atomic mass is 32.1. The Labute approximate surface area is 167 Å². The third-order valence-electron chi connectivity index (χ3n) is 4.86. The Bertz CT molecular complexity index is 1300. The number of aromatic amines is 1. The minimum absolute atomic E-state index is 0.265. The van der Waals surface area contributed by atoms with Crippen LogP contribution in [-0.2, 0) is 0 Å². The number of thiazole rings is 2. The average molecular weight is 410 g/mol. The first-order valence-corrected chi connectivity index (χ1v) is 10.6. The predicted octanol–water partition coefficient (Wildman–Crippen LogP) is 3.17. The second kappa shape index (κ2) is 6.96. The SMILES string of the molecule is N=c1s/c(=C\c2cn[nH]c2-c2ccc(F)cc2)c(=C2CCC2)n1-c1nccs1. The first kappa shape index (κ1) is 17.3. The number of hydrogen-bond donors (Lipinski definition) is 2. The van der Waals surface area contributed by atoms with Crippen molar-refractivity contribution >= 4 is 34.3 Å². The largest absolute Gasteiger partial charge is 0.277 e. The zero-order chi connectivity index (χ0) is 19.1. The number of halogens is 1. The molecule has 5 nitrogen and oxygen atoms in total. The first-order chi connectivity index (χ1) is 13.7. The van der Waals surface area contributed by atoms with Crippen molar-refractivity contribution in [2.75, 3.05) is 0 Å². The Balaban J connectivity index is 1.73. The summed E-state index contributed by atoms with van der Waals surface area (Å²) in [4.78, 5) is 4.88. The van der Waals surface area contributed by atoms with Crippen LogP contribution in [0.15, 0.2) is 42.0 Å². The summed E-state index contributed by atoms with van der Waals surface area (Å²) in [5, 5.41) is 19.6. The molecular formula is C20H16FN5S2. The standard InChI is InChI=1S/C20H16FN5S2/c21-15-6-4-12(5-7-15)17-14(11-24-25-17)10-16-18(13-2-1-3-13)26(19(22)28-16)20-23-8-9-27-20/h4-11,22H,1-3H2,(H,24,25)/b16-10-,22-19?. The van der Waals surface area contributed by atoms with E-state index >= 15 is 0 Å². The number of aromatic nitrogens is 4. The van der Waals surface area contributed by atoms with Gasteiger partial charge in [0.05, 0.1) is 21.8 Å². The van der Waals surface area contributed by atoms with E-state index in [0.717, 1.165) is 44.7 Å². The maximum atomic E-state index is 13.3. The van der Waals surface area contributed by atoms with Gasteiger partial charge < -0.3 is 0 Å². The molecule has 0 spiro atoms. The van der Waals surface area contributed by atoms with E-state index in [0.29, 0.717) is 4.80 Å². The van der Waals surface area contributed by atoms with Crippen LogP contribution in [0.5, 0.6) is 0 Å². The van der Waals surface area contributed by atoms with Gasteiger partial charge in [0.2, 0.25) is 0 Å². The quantitative estimate of drug-likeness (QED) is 0.546. The maximum absolute atomic E-state index is 13.3. The number of rotatable bonds is 3. The van der Waals surface area contributed by atoms with Gasteiger partial charge in [-0.1, -0.05) is 11.3 Å². The molecule has 2 N–H and O–H groups in total. The van der Waals surface area contributed by atoms with Crippen molar-refractivity contribution in [1.29, 1.82) is 5.41 Å². The molecule has 0 amide bonds. The summed E-state index contributed by atoms with van der Waals surface area (Å²) in [5.74, 6) is -0.265. The van der Waals surface area contributed by atoms with Gasteiger partial charge in [-0.2, -0.15) is 5.10 Å². The molecule has 5 rings (SSSR count). The van der Waals surface area contributed by atoms with Crippen LogP contribution in [0.4, 0.5) is 4.39 Å². The lowest BCUT2D eigenvalue weighted by molar-refractivity contribution is 0.628. The first-order valence-electron chi connectivity index (χ1n) is 8.90. The van der Waals surface area contributed by atoms with E-state index in [4.69, 9.17) is 5.41 Å². The van der Waals surface area contributed by atoms with E-state index in [-0.39, 0.29) is 5.82 Å². The average Bonchev–Trinajstić information content (AvgIpc) is 3.36. The van der Waals surface area contributed by atoms with Crippen molar-refractivity contribution in [3.05, 3.63) is 68.1 Å². The van der Waals surface area contributed by atoms with Crippen LogP contribution in [0.1, 0.15) is 24.8 Å². The molecule has 3 aromatic heterocycles. The minimum atomic E-state index is -0.265. The molecule has 0 aliphatic heterocycles. The molecule has 4 aromatic rings. The molecular weight excluding hydrogens is 393 g/mol. The van der Waals surface area contributed by atoms with Gasteiger partial charge in [-0.05, 0) is 55.2 Å². The monoisotopic (exact) mass is 409 g/mol. The fraction of sp³-hybridized carbons (Fsp3) is 0.150. The Morgan fingerprint density at radius 3 is 2.71 bits per heavy atom. The van der Waals surface area contributed by atoms with Gasteiger partial charge >= 0.3 is 0 Å². The van der Waals surface area contributed by atoms with E-state index < -0.39 is 0 Å². The van der Waals surface area contributed by atoms with Gasteiger partial charge in [0, 0.05) is 22.7 Å².